The van der Waals surface area contributed by atoms with Gasteiger partial charge in [-0.25, -0.2) is 4.79 Å². The highest BCUT2D eigenvalue weighted by atomic mass is 32.1. The molecule has 4 aromatic rings. The number of aryl methyl sites for hydroxylation is 1. The van der Waals surface area contributed by atoms with Gasteiger partial charge in [0.05, 0.1) is 35.1 Å². The van der Waals surface area contributed by atoms with Crippen molar-refractivity contribution in [2.75, 3.05) is 25.6 Å². The lowest BCUT2D eigenvalue weighted by molar-refractivity contribution is 0.0910. The summed E-state index contributed by atoms with van der Waals surface area (Å²) >= 11 is 1.43. The van der Waals surface area contributed by atoms with E-state index in [1.807, 2.05) is 68.4 Å². The highest BCUT2D eigenvalue weighted by molar-refractivity contribution is 7.20. The van der Waals surface area contributed by atoms with Crippen molar-refractivity contribution in [2.24, 2.45) is 5.73 Å². The average Bonchev–Trinajstić information content (AvgIpc) is 3.43. The van der Waals surface area contributed by atoms with Crippen LogP contribution in [0.5, 0.6) is 5.75 Å². The minimum Gasteiger partial charge on any atom is -0.481 e. The predicted molar refractivity (Wildman–Crippen MR) is 141 cm³/mol. The van der Waals surface area contributed by atoms with E-state index in [-0.39, 0.29) is 12.4 Å². The molecule has 1 unspecified atom stereocenters. The number of nitrogens with one attached hydrogen (secondary N) is 2. The van der Waals surface area contributed by atoms with E-state index in [1.54, 1.807) is 11.8 Å². The molecule has 0 aliphatic heterocycles. The van der Waals surface area contributed by atoms with Gasteiger partial charge in [-0.05, 0) is 37.6 Å². The molecule has 188 valence electrons. The zero-order chi connectivity index (χ0) is 25.7. The van der Waals surface area contributed by atoms with Gasteiger partial charge in [0, 0.05) is 17.2 Å². The number of rotatable bonds is 10. The lowest BCUT2D eigenvalue weighted by atomic mass is 10.1. The number of aromatic nitrogens is 2. The Morgan fingerprint density at radius 1 is 1.19 bits per heavy atom. The smallest absolute Gasteiger partial charge is 0.411 e. The standard InChI is InChI=1S/C26H29N5O4S/c1-16-24(17(2)31(30-16)12-13-33-3)29-26(32)34-15-21(18-8-5-4-6-9-18)35-20-10-7-11-22-19(20)14-23(36-22)25(27)28/h4-11,14,21H,12-13,15H2,1-3H3,(H3,27,28)(H,29,32). The number of nitrogens with zero attached hydrogens (tertiary/aromatic N) is 2. The number of nitrogen functional groups attached to an aromatic ring is 1. The van der Waals surface area contributed by atoms with Crippen LogP contribution in [0.15, 0.2) is 54.6 Å². The Bertz CT molecular complexity index is 1370. The Balaban J connectivity index is 1.51. The molecule has 0 saturated carbocycles. The maximum atomic E-state index is 12.7. The number of nitrogens with two attached hydrogens (primary N) is 1. The number of methoxy groups -OCH3 is 1. The molecule has 10 heteroatoms. The van der Waals surface area contributed by atoms with E-state index < -0.39 is 12.2 Å². The summed E-state index contributed by atoms with van der Waals surface area (Å²) in [5.74, 6) is 0.637. The Morgan fingerprint density at radius 2 is 1.97 bits per heavy atom. The van der Waals surface area contributed by atoms with Crippen LogP contribution in [-0.2, 0) is 16.0 Å². The first-order valence-corrected chi connectivity index (χ1v) is 12.2. The number of hydrogen-bond acceptors (Lipinski definition) is 7. The summed E-state index contributed by atoms with van der Waals surface area (Å²) in [6, 6.07) is 17.1. The first kappa shape index (κ1) is 25.2. The average molecular weight is 508 g/mol. The van der Waals surface area contributed by atoms with Crippen molar-refractivity contribution in [1.82, 2.24) is 9.78 Å². The van der Waals surface area contributed by atoms with Crippen molar-refractivity contribution in [3.05, 3.63) is 76.4 Å². The van der Waals surface area contributed by atoms with Crippen LogP contribution in [0.3, 0.4) is 0 Å². The maximum absolute atomic E-state index is 12.7. The number of thiophene rings is 1. The molecule has 0 aliphatic rings. The number of amides is 1. The van der Waals surface area contributed by atoms with Gasteiger partial charge in [0.25, 0.3) is 0 Å². The summed E-state index contributed by atoms with van der Waals surface area (Å²) in [5, 5.41) is 15.9. The van der Waals surface area contributed by atoms with Crippen molar-refractivity contribution in [1.29, 1.82) is 5.41 Å². The molecule has 1 atom stereocenters. The van der Waals surface area contributed by atoms with Crippen LogP contribution in [0, 0.1) is 19.3 Å². The van der Waals surface area contributed by atoms with Crippen molar-refractivity contribution >= 4 is 39.0 Å². The van der Waals surface area contributed by atoms with Crippen LogP contribution in [0.4, 0.5) is 10.5 Å². The van der Waals surface area contributed by atoms with Crippen LogP contribution in [0.2, 0.25) is 0 Å². The van der Waals surface area contributed by atoms with E-state index in [9.17, 15) is 4.79 Å². The molecule has 4 rings (SSSR count). The molecule has 4 N–H and O–H groups in total. The summed E-state index contributed by atoms with van der Waals surface area (Å²) in [4.78, 5) is 13.4. The highest BCUT2D eigenvalue weighted by Gasteiger charge is 2.20. The SMILES string of the molecule is COCCn1nc(C)c(NC(=O)OCC(Oc2cccc3sc(C(=N)N)cc23)c2ccccc2)c1C. The largest absolute Gasteiger partial charge is 0.481 e. The lowest BCUT2D eigenvalue weighted by Gasteiger charge is -2.20. The van der Waals surface area contributed by atoms with Gasteiger partial charge in [0.15, 0.2) is 6.10 Å². The molecule has 2 aromatic heterocycles. The molecule has 2 heterocycles. The first-order valence-electron chi connectivity index (χ1n) is 11.4. The highest BCUT2D eigenvalue weighted by Crippen LogP contribution is 2.35. The van der Waals surface area contributed by atoms with Crippen molar-refractivity contribution in [3.63, 3.8) is 0 Å². The quantitative estimate of drug-likeness (QED) is 0.205. The molecule has 0 spiro atoms. The molecule has 0 radical (unpaired) electrons. The second-order valence-electron chi connectivity index (χ2n) is 8.19. The summed E-state index contributed by atoms with van der Waals surface area (Å²) in [7, 11) is 1.63. The van der Waals surface area contributed by atoms with Crippen molar-refractivity contribution in [2.45, 2.75) is 26.5 Å². The van der Waals surface area contributed by atoms with E-state index >= 15 is 0 Å². The van der Waals surface area contributed by atoms with Crippen LogP contribution in [-0.4, -0.2) is 42.0 Å². The molecule has 36 heavy (non-hydrogen) atoms. The van der Waals surface area contributed by atoms with Gasteiger partial charge in [-0.3, -0.25) is 15.4 Å². The summed E-state index contributed by atoms with van der Waals surface area (Å²) in [6.45, 7) is 4.82. The van der Waals surface area contributed by atoms with Gasteiger partial charge in [0.1, 0.15) is 18.2 Å². The van der Waals surface area contributed by atoms with Crippen LogP contribution >= 0.6 is 11.3 Å². The number of anilines is 1. The summed E-state index contributed by atoms with van der Waals surface area (Å²) in [5.41, 5.74) is 8.69. The molecular weight excluding hydrogens is 478 g/mol. The molecule has 0 bridgehead atoms. The lowest BCUT2D eigenvalue weighted by Crippen LogP contribution is -2.21. The second-order valence-corrected chi connectivity index (χ2v) is 9.28. The Morgan fingerprint density at radius 3 is 2.69 bits per heavy atom. The van der Waals surface area contributed by atoms with Gasteiger partial charge >= 0.3 is 6.09 Å². The number of carbonyl (C=O) groups is 1. The second kappa shape index (κ2) is 11.2. The van der Waals surface area contributed by atoms with Gasteiger partial charge < -0.3 is 19.9 Å². The third-order valence-electron chi connectivity index (χ3n) is 5.71. The van der Waals surface area contributed by atoms with E-state index in [4.69, 9.17) is 25.4 Å². The van der Waals surface area contributed by atoms with Gasteiger partial charge in [-0.1, -0.05) is 36.4 Å². The van der Waals surface area contributed by atoms with Crippen molar-refractivity contribution in [3.8, 4) is 5.75 Å². The molecule has 9 nitrogen and oxygen atoms in total. The minimum atomic E-state index is -0.593. The molecule has 1 amide bonds. The van der Waals surface area contributed by atoms with Crippen LogP contribution < -0.4 is 15.8 Å². The number of fused-ring (bicyclic) bond motifs is 1. The number of carbonyl (C=O) groups excluding carboxylic acids is 1. The maximum Gasteiger partial charge on any atom is 0.411 e. The van der Waals surface area contributed by atoms with E-state index in [2.05, 4.69) is 10.4 Å². The third-order valence-corrected chi connectivity index (χ3v) is 6.84. The first-order chi connectivity index (χ1) is 17.4. The topological polar surface area (TPSA) is 124 Å². The zero-order valence-corrected chi connectivity index (χ0v) is 21.2. The Labute approximate surface area is 213 Å². The Kier molecular flexibility index (Phi) is 7.87. The fraction of sp³-hybridized carbons (Fsp3) is 0.269. The molecule has 2 aromatic carbocycles. The van der Waals surface area contributed by atoms with Crippen LogP contribution in [0.1, 0.15) is 27.9 Å². The van der Waals surface area contributed by atoms with E-state index in [0.717, 1.165) is 21.3 Å². The number of benzene rings is 2. The number of ether oxygens (including phenoxy) is 3. The zero-order valence-electron chi connectivity index (χ0n) is 20.4. The molecule has 0 fully saturated rings. The van der Waals surface area contributed by atoms with Crippen LogP contribution in [0.25, 0.3) is 10.1 Å². The summed E-state index contributed by atoms with van der Waals surface area (Å²) in [6.07, 6.45) is -1.14. The van der Waals surface area contributed by atoms with Gasteiger partial charge in [0.2, 0.25) is 0 Å². The predicted octanol–water partition coefficient (Wildman–Crippen LogP) is 5.01. The van der Waals surface area contributed by atoms with E-state index in [1.165, 1.54) is 11.3 Å². The van der Waals surface area contributed by atoms with Crippen molar-refractivity contribution < 1.29 is 19.0 Å². The Hall–Kier alpha value is -3.89. The number of hydrogen-bond donors (Lipinski definition) is 3. The molecule has 0 aliphatic carbocycles. The molecular formula is C26H29N5O4S. The monoisotopic (exact) mass is 507 g/mol. The third kappa shape index (κ3) is 5.67. The normalized spacial score (nSPS) is 11.9. The molecule has 0 saturated heterocycles. The fourth-order valence-corrected chi connectivity index (χ4v) is 4.79. The van der Waals surface area contributed by atoms with E-state index in [0.29, 0.717) is 35.2 Å². The minimum absolute atomic E-state index is 0.00809. The number of amidine groups is 1. The van der Waals surface area contributed by atoms with Gasteiger partial charge in [-0.2, -0.15) is 5.10 Å². The summed E-state index contributed by atoms with van der Waals surface area (Å²) < 4.78 is 19.8. The van der Waals surface area contributed by atoms with Gasteiger partial charge in [-0.15, -0.1) is 11.3 Å². The fourth-order valence-electron chi connectivity index (χ4n) is 3.85.